The molecule has 2 atom stereocenters. The third-order valence-electron chi connectivity index (χ3n) is 4.91. The van der Waals surface area contributed by atoms with E-state index in [4.69, 9.17) is 11.3 Å². The van der Waals surface area contributed by atoms with Gasteiger partial charge in [-0.15, -0.1) is 0 Å². The zero-order chi connectivity index (χ0) is 22.1. The van der Waals surface area contributed by atoms with Gasteiger partial charge in [0.05, 0.1) is 24.6 Å². The number of nitrogens with zero attached hydrogens (tertiary/aromatic N) is 2. The van der Waals surface area contributed by atoms with Crippen molar-refractivity contribution in [1.29, 1.82) is 0 Å². The molecule has 0 radical (unpaired) electrons. The van der Waals surface area contributed by atoms with Crippen LogP contribution in [-0.2, 0) is 10.0 Å². The Bertz CT molecular complexity index is 1110. The summed E-state index contributed by atoms with van der Waals surface area (Å²) in [6.07, 6.45) is -1.17. The summed E-state index contributed by atoms with van der Waals surface area (Å²) >= 11 is 0. The van der Waals surface area contributed by atoms with Crippen LogP contribution in [0.4, 0.5) is 10.1 Å². The molecule has 30 heavy (non-hydrogen) atoms. The van der Waals surface area contributed by atoms with Crippen LogP contribution >= 0.6 is 0 Å². The van der Waals surface area contributed by atoms with Crippen molar-refractivity contribution in [2.24, 2.45) is 0 Å². The lowest BCUT2D eigenvalue weighted by atomic mass is 10.0. The van der Waals surface area contributed by atoms with Crippen molar-refractivity contribution in [2.75, 3.05) is 19.7 Å². The first-order valence-electron chi connectivity index (χ1n) is 8.89. The van der Waals surface area contributed by atoms with Gasteiger partial charge in [-0.3, -0.25) is 4.79 Å². The summed E-state index contributed by atoms with van der Waals surface area (Å²) in [5.41, 5.74) is -1.76. The fourth-order valence-corrected chi connectivity index (χ4v) is 4.64. The summed E-state index contributed by atoms with van der Waals surface area (Å²) in [5, 5.41) is 20.4. The molecule has 1 fully saturated rings. The normalized spacial score (nSPS) is 21.9. The highest BCUT2D eigenvalue weighted by molar-refractivity contribution is 7.89. The van der Waals surface area contributed by atoms with Gasteiger partial charge in [-0.2, -0.15) is 4.31 Å². The molecule has 0 saturated carbocycles. The average molecular weight is 434 g/mol. The Kier molecular flexibility index (Phi) is 5.92. The molecule has 8 nitrogen and oxygen atoms in total. The minimum absolute atomic E-state index is 0.0122. The lowest BCUT2D eigenvalue weighted by Gasteiger charge is -2.27. The van der Waals surface area contributed by atoms with Crippen LogP contribution in [0.1, 0.15) is 17.3 Å². The number of ketones is 1. The first-order valence-corrected chi connectivity index (χ1v) is 10.3. The van der Waals surface area contributed by atoms with Crippen LogP contribution in [0.25, 0.3) is 4.85 Å². The minimum atomic E-state index is -4.05. The maximum atomic E-state index is 13.8. The maximum absolute atomic E-state index is 13.8. The van der Waals surface area contributed by atoms with Crippen LogP contribution in [0.5, 0.6) is 5.75 Å². The summed E-state index contributed by atoms with van der Waals surface area (Å²) < 4.78 is 46.3. The van der Waals surface area contributed by atoms with E-state index in [2.05, 4.69) is 4.85 Å². The van der Waals surface area contributed by atoms with Crippen molar-refractivity contribution in [1.82, 2.24) is 4.31 Å². The lowest BCUT2D eigenvalue weighted by Crippen LogP contribution is -2.48. The zero-order valence-corrected chi connectivity index (χ0v) is 16.8. The molecule has 0 aliphatic carbocycles. The third-order valence-corrected chi connectivity index (χ3v) is 6.74. The number of hydrogen-bond acceptors (Lipinski definition) is 6. The Hall–Kier alpha value is -2.84. The largest absolute Gasteiger partial charge is 0.486 e. The van der Waals surface area contributed by atoms with Gasteiger partial charge in [0.15, 0.2) is 5.78 Å². The molecule has 10 heteroatoms. The molecule has 0 bridgehead atoms. The second kappa shape index (κ2) is 8.12. The van der Waals surface area contributed by atoms with Crippen LogP contribution in [0, 0.1) is 12.4 Å². The van der Waals surface area contributed by atoms with E-state index in [1.807, 2.05) is 0 Å². The van der Waals surface area contributed by atoms with E-state index in [-0.39, 0.29) is 28.7 Å². The standard InChI is InChI=1S/C20H19FN2O6S/c1-13(25)14-3-6-16(7-4-14)30(27,28)23-10-19(20(26,11-23)12-24)29-15-5-8-18(22-2)17(21)9-15/h3-9,19,24,26H,10-12H2,1H3/t19-,20+/m0/s1. The summed E-state index contributed by atoms with van der Waals surface area (Å²) in [6, 6.07) is 8.84. The van der Waals surface area contributed by atoms with Gasteiger partial charge in [-0.05, 0) is 31.2 Å². The lowest BCUT2D eigenvalue weighted by molar-refractivity contribution is -0.0641. The van der Waals surface area contributed by atoms with E-state index in [9.17, 15) is 27.8 Å². The Labute approximate surface area is 173 Å². The van der Waals surface area contributed by atoms with E-state index in [1.54, 1.807) is 0 Å². The van der Waals surface area contributed by atoms with Crippen LogP contribution in [0.3, 0.4) is 0 Å². The van der Waals surface area contributed by atoms with Crippen LogP contribution < -0.4 is 4.74 Å². The Balaban J connectivity index is 1.85. The van der Waals surface area contributed by atoms with E-state index >= 15 is 0 Å². The Morgan fingerprint density at radius 3 is 2.53 bits per heavy atom. The third kappa shape index (κ3) is 4.06. The number of β-amino-alcohol motifs (C(OH)–C–C–N with tert-alkyl or cyclic N) is 1. The van der Waals surface area contributed by atoms with Gasteiger partial charge in [0.2, 0.25) is 15.7 Å². The van der Waals surface area contributed by atoms with E-state index in [1.165, 1.54) is 43.3 Å². The van der Waals surface area contributed by atoms with E-state index in [0.717, 1.165) is 10.4 Å². The van der Waals surface area contributed by atoms with Gasteiger partial charge < -0.3 is 14.9 Å². The molecule has 1 aliphatic heterocycles. The number of aliphatic hydroxyl groups excluding tert-OH is 1. The number of hydrogen-bond donors (Lipinski definition) is 2. The number of ether oxygens (including phenoxy) is 1. The van der Waals surface area contributed by atoms with Crippen LogP contribution in [0.15, 0.2) is 47.4 Å². The van der Waals surface area contributed by atoms with Crippen molar-refractivity contribution in [2.45, 2.75) is 23.5 Å². The molecule has 1 saturated heterocycles. The molecule has 0 aromatic heterocycles. The van der Waals surface area contributed by atoms with Gasteiger partial charge >= 0.3 is 0 Å². The minimum Gasteiger partial charge on any atom is -0.486 e. The Morgan fingerprint density at radius 2 is 2.00 bits per heavy atom. The summed E-state index contributed by atoms with van der Waals surface area (Å²) in [7, 11) is -4.05. The molecule has 2 aromatic carbocycles. The Morgan fingerprint density at radius 1 is 1.33 bits per heavy atom. The maximum Gasteiger partial charge on any atom is 0.243 e. The number of carbonyl (C=O) groups excluding carboxylic acids is 1. The first kappa shape index (κ1) is 21.9. The fourth-order valence-electron chi connectivity index (χ4n) is 3.14. The van der Waals surface area contributed by atoms with Crippen molar-refractivity contribution in [3.8, 4) is 5.75 Å². The molecule has 158 valence electrons. The summed E-state index contributed by atoms with van der Waals surface area (Å²) in [6.45, 7) is 6.72. The van der Waals surface area contributed by atoms with Crippen molar-refractivity contribution in [3.63, 3.8) is 0 Å². The predicted octanol–water partition coefficient (Wildman–Crippen LogP) is 1.75. The van der Waals surface area contributed by atoms with Gasteiger partial charge in [0.25, 0.3) is 0 Å². The predicted molar refractivity (Wildman–Crippen MR) is 104 cm³/mol. The molecule has 2 aromatic rings. The van der Waals surface area contributed by atoms with Crippen molar-refractivity contribution < 1.29 is 32.6 Å². The highest BCUT2D eigenvalue weighted by atomic mass is 32.2. The number of benzene rings is 2. The van der Waals surface area contributed by atoms with Crippen molar-refractivity contribution >= 4 is 21.5 Å². The van der Waals surface area contributed by atoms with Gasteiger partial charge in [-0.25, -0.2) is 17.7 Å². The smallest absolute Gasteiger partial charge is 0.243 e. The number of sulfonamides is 1. The molecule has 1 aliphatic rings. The summed E-state index contributed by atoms with van der Waals surface area (Å²) in [5.74, 6) is -1.04. The molecular weight excluding hydrogens is 415 g/mol. The molecule has 0 amide bonds. The number of Topliss-reactive ketones (excluding diaryl/α,β-unsaturated/α-hetero) is 1. The second-order valence-corrected chi connectivity index (χ2v) is 8.91. The summed E-state index contributed by atoms with van der Waals surface area (Å²) in [4.78, 5) is 14.3. The SMILES string of the molecule is [C-]#[N+]c1ccc(O[C@H]2CN(S(=O)(=O)c3ccc(C(C)=O)cc3)C[C@@]2(O)CO)cc1F. The molecule has 1 heterocycles. The molecule has 0 spiro atoms. The molecule has 2 N–H and O–H groups in total. The van der Waals surface area contributed by atoms with E-state index < -0.39 is 40.7 Å². The monoisotopic (exact) mass is 434 g/mol. The van der Waals surface area contributed by atoms with Crippen LogP contribution in [0.2, 0.25) is 0 Å². The van der Waals surface area contributed by atoms with E-state index in [0.29, 0.717) is 5.56 Å². The highest BCUT2D eigenvalue weighted by Gasteiger charge is 2.50. The topological polar surface area (TPSA) is 108 Å². The number of aliphatic hydroxyl groups is 2. The molecule has 0 unspecified atom stereocenters. The molecule has 3 rings (SSSR count). The number of carbonyl (C=O) groups is 1. The number of rotatable bonds is 6. The highest BCUT2D eigenvalue weighted by Crippen LogP contribution is 2.32. The van der Waals surface area contributed by atoms with Gasteiger partial charge in [-0.1, -0.05) is 12.1 Å². The van der Waals surface area contributed by atoms with Gasteiger partial charge in [0.1, 0.15) is 23.3 Å². The second-order valence-electron chi connectivity index (χ2n) is 6.97. The van der Waals surface area contributed by atoms with Crippen LogP contribution in [-0.4, -0.2) is 60.1 Å². The van der Waals surface area contributed by atoms with Gasteiger partial charge in [0, 0.05) is 18.2 Å². The molecular formula is C20H19FN2O6S. The first-order chi connectivity index (χ1) is 14.1. The average Bonchev–Trinajstić information content (AvgIpc) is 3.06. The quantitative estimate of drug-likeness (QED) is 0.530. The zero-order valence-electron chi connectivity index (χ0n) is 15.9. The van der Waals surface area contributed by atoms with Crippen molar-refractivity contribution in [3.05, 3.63) is 65.3 Å². The number of halogens is 1. The fraction of sp³-hybridized carbons (Fsp3) is 0.300.